The summed E-state index contributed by atoms with van der Waals surface area (Å²) in [6.45, 7) is 0. The van der Waals surface area contributed by atoms with Crippen LogP contribution in [0.1, 0.15) is 0 Å². The fourth-order valence-corrected chi connectivity index (χ4v) is 19.0. The number of hydrogen-bond donors (Lipinski definition) is 0. The van der Waals surface area contributed by atoms with Gasteiger partial charge in [-0.3, -0.25) is 8.80 Å². The molecule has 9 nitrogen and oxygen atoms in total. The van der Waals surface area contributed by atoms with Crippen LogP contribution in [0.15, 0.2) is 504 Å². The first-order chi connectivity index (χ1) is 63.5. The summed E-state index contributed by atoms with van der Waals surface area (Å²) in [5.41, 5.74) is 30.7. The smallest absolute Gasteiger partial charge is 0.138 e. The van der Waals surface area contributed by atoms with Gasteiger partial charge in [-0.25, -0.2) is 9.97 Å². The Morgan fingerprint density at radius 3 is 0.695 bits per heavy atom. The molecule has 0 bridgehead atoms. The Hall–Kier alpha value is -16.9. The average molecular weight is 1660 g/mol. The summed E-state index contributed by atoms with van der Waals surface area (Å²) in [6.07, 6.45) is 4.55. The number of thiophene rings is 1. The third-order valence-electron chi connectivity index (χ3n) is 23.9. The molecule has 18 aromatic carbocycles. The zero-order valence-corrected chi connectivity index (χ0v) is 70.7. The van der Waals surface area contributed by atoms with E-state index in [4.69, 9.17) is 9.97 Å². The molecule has 606 valence electrons. The summed E-state index contributed by atoms with van der Waals surface area (Å²) < 4.78 is 4.63. The maximum Gasteiger partial charge on any atom is 0.138 e. The highest BCUT2D eigenvalue weighted by molar-refractivity contribution is 7.18. The van der Waals surface area contributed by atoms with Gasteiger partial charge in [-0.1, -0.05) is 322 Å². The number of fused-ring (bicyclic) bond motifs is 8. The molecule has 10 heteroatoms. The van der Waals surface area contributed by atoms with Crippen LogP contribution in [0.25, 0.3) is 109 Å². The van der Waals surface area contributed by atoms with Gasteiger partial charge < -0.3 is 24.5 Å². The second-order valence-corrected chi connectivity index (χ2v) is 32.7. The van der Waals surface area contributed by atoms with E-state index < -0.39 is 0 Å². The summed E-state index contributed by atoms with van der Waals surface area (Å²) in [6, 6.07) is 175. The Balaban J connectivity index is 0.000000151. The molecular formula is C118H83N9S. The third-order valence-corrected chi connectivity index (χ3v) is 25.1. The quantitative estimate of drug-likeness (QED) is 0.0705. The van der Waals surface area contributed by atoms with Crippen LogP contribution < -0.4 is 24.5 Å². The Bertz CT molecular complexity index is 7690. The van der Waals surface area contributed by atoms with Gasteiger partial charge >= 0.3 is 0 Å². The van der Waals surface area contributed by atoms with Crippen LogP contribution in [-0.4, -0.2) is 18.8 Å². The van der Waals surface area contributed by atoms with Crippen molar-refractivity contribution in [3.05, 3.63) is 504 Å². The highest BCUT2D eigenvalue weighted by Gasteiger charge is 2.32. The van der Waals surface area contributed by atoms with Crippen molar-refractivity contribution in [3.63, 3.8) is 0 Å². The molecule has 0 fully saturated rings. The zero-order valence-electron chi connectivity index (χ0n) is 69.9. The van der Waals surface area contributed by atoms with Crippen molar-refractivity contribution in [2.75, 3.05) is 24.5 Å². The number of benzene rings is 18. The lowest BCUT2D eigenvalue weighted by Gasteiger charge is -2.31. The molecule has 0 unspecified atom stereocenters. The summed E-state index contributed by atoms with van der Waals surface area (Å²) in [5, 5.41) is 4.40. The summed E-state index contributed by atoms with van der Waals surface area (Å²) >= 11 is 1.81. The summed E-state index contributed by atoms with van der Waals surface area (Å²) in [5.74, 6) is 0. The second kappa shape index (κ2) is 34.4. The van der Waals surface area contributed by atoms with Gasteiger partial charge in [0, 0.05) is 112 Å². The van der Waals surface area contributed by atoms with Crippen LogP contribution in [0.2, 0.25) is 0 Å². The van der Waals surface area contributed by atoms with Crippen molar-refractivity contribution in [3.8, 4) is 54.3 Å². The van der Waals surface area contributed by atoms with Gasteiger partial charge in [0.05, 0.1) is 33.8 Å². The van der Waals surface area contributed by atoms with Crippen molar-refractivity contribution >= 4 is 152 Å². The largest absolute Gasteiger partial charge is 0.311 e. The van der Waals surface area contributed by atoms with Crippen LogP contribution in [0.4, 0.5) is 85.3 Å². The molecule has 0 radical (unpaired) electrons. The summed E-state index contributed by atoms with van der Waals surface area (Å²) in [7, 11) is 0. The normalized spacial score (nSPS) is 11.3. The minimum absolute atomic E-state index is 0.861. The molecular weight excluding hydrogens is 1580 g/mol. The van der Waals surface area contributed by atoms with E-state index in [1.807, 2.05) is 11.3 Å². The van der Waals surface area contributed by atoms with Gasteiger partial charge in [0.25, 0.3) is 0 Å². The minimum atomic E-state index is 0.861. The number of anilines is 15. The number of pyridine rings is 2. The molecule has 5 heterocycles. The average Bonchev–Trinajstić information content (AvgIpc) is 1.50. The number of para-hydroxylation sites is 8. The molecule has 23 aromatic rings. The number of aromatic nitrogens is 4. The van der Waals surface area contributed by atoms with Crippen LogP contribution >= 0.6 is 11.3 Å². The molecule has 0 saturated heterocycles. The molecule has 128 heavy (non-hydrogen) atoms. The molecule has 0 atom stereocenters. The van der Waals surface area contributed by atoms with E-state index in [9.17, 15) is 0 Å². The van der Waals surface area contributed by atoms with Crippen molar-refractivity contribution in [2.24, 2.45) is 0 Å². The monoisotopic (exact) mass is 1660 g/mol. The molecule has 0 N–H and O–H groups in total. The standard InChI is InChI=1S/C61H42N4S.C57H41N5/c1-6-18-43(19-7-1)45-30-35-51(36-31-45)64(49-24-12-4-13-25-49)59-53-28-16-17-29-54(53)60(65(50-26-14-5-15-27-50)52-37-32-46(33-38-52)44-20-8-2-9-21-44)61-58(59)62-57-41-34-48(42-63(57)61)56-40-39-55(66-56)47-22-10-3-11-23-47;1-7-21-44(22-8-1)60(45-23-9-2-10-24-45)50-38-35-42(36-39-50)43-37-40-53-58-54-55(61(46-25-11-3-12-26-46)47-27-13-4-14-28-47)51-33-19-20-34-52(51)56(57(54)59(53)41-43)62(48-29-15-5-16-30-48)49-31-17-6-18-32-49/h1-42H;1-41H. The number of hydrogen-bond acceptors (Lipinski definition) is 8. The van der Waals surface area contributed by atoms with E-state index in [1.54, 1.807) is 0 Å². The van der Waals surface area contributed by atoms with E-state index in [-0.39, 0.29) is 0 Å². The van der Waals surface area contributed by atoms with Gasteiger partial charge in [0.1, 0.15) is 22.3 Å². The molecule has 0 aliphatic heterocycles. The highest BCUT2D eigenvalue weighted by Crippen LogP contribution is 2.55. The highest BCUT2D eigenvalue weighted by atomic mass is 32.1. The first-order valence-electron chi connectivity index (χ1n) is 43.3. The third kappa shape index (κ3) is 14.7. The fraction of sp³-hybridized carbons (Fsp3) is 0. The molecule has 0 saturated carbocycles. The van der Waals surface area contributed by atoms with E-state index in [0.717, 1.165) is 157 Å². The van der Waals surface area contributed by atoms with Crippen molar-refractivity contribution < 1.29 is 0 Å². The van der Waals surface area contributed by atoms with Crippen molar-refractivity contribution in [1.29, 1.82) is 0 Å². The predicted octanol–water partition coefficient (Wildman–Crippen LogP) is 33.0. The summed E-state index contributed by atoms with van der Waals surface area (Å²) in [4.78, 5) is 25.6. The Kier molecular flexibility index (Phi) is 20.7. The van der Waals surface area contributed by atoms with Crippen molar-refractivity contribution in [2.45, 2.75) is 0 Å². The van der Waals surface area contributed by atoms with Crippen LogP contribution in [0.3, 0.4) is 0 Å². The SMILES string of the molecule is c1ccc(-c2ccc(N(c3ccccc3)c3c4ccccc4c(N(c4ccccc4)c4ccc(-c5ccccc5)cc4)c4c3nc3ccc(-c5ccc(-c6ccccc6)s5)cn34)cc2)cc1.c1ccc(N(c2ccccc2)c2ccc(-c3ccc4nc5c(N(c6ccccc6)c6ccccc6)c6ccccc6c(N(c6ccccc6)c6ccccc6)c5n4c3)cc2)cc1. The first kappa shape index (κ1) is 77.2. The van der Waals surface area contributed by atoms with Gasteiger partial charge in [0.15, 0.2) is 0 Å². The number of imidazole rings is 2. The van der Waals surface area contributed by atoms with Crippen LogP contribution in [0.5, 0.6) is 0 Å². The van der Waals surface area contributed by atoms with E-state index >= 15 is 0 Å². The zero-order chi connectivity index (χ0) is 85.1. The topological polar surface area (TPSA) is 50.8 Å². The van der Waals surface area contributed by atoms with Gasteiger partial charge in [-0.2, -0.15) is 0 Å². The molecule has 5 aromatic heterocycles. The fourth-order valence-electron chi connectivity index (χ4n) is 18.0. The Labute approximate surface area is 747 Å². The lowest BCUT2D eigenvalue weighted by molar-refractivity contribution is 1.21. The van der Waals surface area contributed by atoms with Gasteiger partial charge in [0.2, 0.25) is 0 Å². The predicted molar refractivity (Wildman–Crippen MR) is 539 cm³/mol. The first-order valence-corrected chi connectivity index (χ1v) is 44.1. The maximum atomic E-state index is 5.67. The van der Waals surface area contributed by atoms with Crippen LogP contribution in [-0.2, 0) is 0 Å². The van der Waals surface area contributed by atoms with Crippen molar-refractivity contribution in [1.82, 2.24) is 18.8 Å². The van der Waals surface area contributed by atoms with E-state index in [0.29, 0.717) is 0 Å². The molecule has 0 aliphatic rings. The molecule has 23 rings (SSSR count). The lowest BCUT2D eigenvalue weighted by atomic mass is 9.99. The number of nitrogens with zero attached hydrogens (tertiary/aromatic N) is 9. The molecule has 0 aliphatic carbocycles. The second-order valence-electron chi connectivity index (χ2n) is 31.7. The van der Waals surface area contributed by atoms with Gasteiger partial charge in [-0.05, 0) is 209 Å². The Morgan fingerprint density at radius 2 is 0.375 bits per heavy atom. The van der Waals surface area contributed by atoms with Gasteiger partial charge in [-0.15, -0.1) is 11.3 Å². The molecule has 0 amide bonds. The lowest BCUT2D eigenvalue weighted by Crippen LogP contribution is -2.15. The van der Waals surface area contributed by atoms with Crippen LogP contribution in [0, 0.1) is 0 Å². The minimum Gasteiger partial charge on any atom is -0.311 e. The molecule has 0 spiro atoms. The van der Waals surface area contributed by atoms with E-state index in [1.165, 1.54) is 37.6 Å². The maximum absolute atomic E-state index is 5.67. The Morgan fingerprint density at radius 1 is 0.164 bits per heavy atom. The number of rotatable bonds is 20. The van der Waals surface area contributed by atoms with E-state index in [2.05, 4.69) is 537 Å².